The fraction of sp³-hybridized carbons (Fsp3) is 0.182. The first-order valence-electron chi connectivity index (χ1n) is 9.61. The zero-order valence-corrected chi connectivity index (χ0v) is 19.9. The molecule has 32 heavy (non-hydrogen) atoms. The molecule has 0 saturated carbocycles. The molecule has 0 saturated heterocycles. The van der Waals surface area contributed by atoms with Crippen LogP contribution in [-0.2, 0) is 20.9 Å². The van der Waals surface area contributed by atoms with Gasteiger partial charge < -0.3 is 4.74 Å². The minimum atomic E-state index is -0.529. The van der Waals surface area contributed by atoms with Crippen LogP contribution >= 0.6 is 34.3 Å². The number of aryl methyl sites for hydroxylation is 2. The topological polar surface area (TPSA) is 76.8 Å². The van der Waals surface area contributed by atoms with Gasteiger partial charge in [0.05, 0.1) is 17.1 Å². The summed E-state index contributed by atoms with van der Waals surface area (Å²) >= 11 is 8.89. The van der Waals surface area contributed by atoms with Crippen LogP contribution in [0.4, 0.5) is 10.8 Å². The third-order valence-corrected chi connectivity index (χ3v) is 6.54. The Kier molecular flexibility index (Phi) is 6.40. The monoisotopic (exact) mass is 486 g/mol. The number of carbonyl (C=O) groups is 2. The second-order valence-corrected chi connectivity index (χ2v) is 9.12. The van der Waals surface area contributed by atoms with Crippen LogP contribution in [-0.4, -0.2) is 26.2 Å². The molecule has 10 heteroatoms. The van der Waals surface area contributed by atoms with Crippen molar-refractivity contribution in [3.8, 4) is 0 Å². The van der Waals surface area contributed by atoms with Crippen LogP contribution in [0.1, 0.15) is 29.4 Å². The summed E-state index contributed by atoms with van der Waals surface area (Å²) in [5.74, 6) is -0.672. The molecule has 0 unspecified atom stereocenters. The van der Waals surface area contributed by atoms with Crippen molar-refractivity contribution in [3.05, 3.63) is 68.9 Å². The Morgan fingerprint density at radius 3 is 2.81 bits per heavy atom. The van der Waals surface area contributed by atoms with E-state index in [0.29, 0.717) is 21.7 Å². The Balaban J connectivity index is 1.44. The molecule has 0 atom stereocenters. The summed E-state index contributed by atoms with van der Waals surface area (Å²) in [6.07, 6.45) is 4.70. The fourth-order valence-corrected chi connectivity index (χ4v) is 5.06. The van der Waals surface area contributed by atoms with Gasteiger partial charge in [0.2, 0.25) is 5.91 Å². The highest BCUT2D eigenvalue weighted by Gasteiger charge is 2.20. The van der Waals surface area contributed by atoms with Crippen LogP contribution in [0, 0.1) is 13.8 Å². The molecule has 7 nitrogen and oxygen atoms in total. The Labute approximate surface area is 197 Å². The normalized spacial score (nSPS) is 11.4. The maximum atomic E-state index is 12.3. The number of rotatable bonds is 6. The molecule has 1 amide bonds. The zero-order valence-electron chi connectivity index (χ0n) is 17.5. The van der Waals surface area contributed by atoms with Gasteiger partial charge in [0.25, 0.3) is 0 Å². The number of carbonyl (C=O) groups excluding carboxylic acids is 2. The number of thiazole rings is 2. The standard InChI is InChI=1S/C22H19ClN4O3S2/c1-13-4-5-17(14(2)10-13)27(15(3)28)22-24-16(12-32-22)11-30-19(29)7-6-18-20(23)25-21-26(18)8-9-31-21/h4-10,12H,11H2,1-3H3. The number of esters is 1. The van der Waals surface area contributed by atoms with Crippen LogP contribution in [0.15, 0.2) is 41.2 Å². The maximum Gasteiger partial charge on any atom is 0.331 e. The average Bonchev–Trinajstić information content (AvgIpc) is 3.44. The van der Waals surface area contributed by atoms with Gasteiger partial charge in [-0.3, -0.25) is 14.1 Å². The van der Waals surface area contributed by atoms with Crippen LogP contribution in [0.25, 0.3) is 11.0 Å². The summed E-state index contributed by atoms with van der Waals surface area (Å²) < 4.78 is 7.10. The molecule has 0 aliphatic rings. The van der Waals surface area contributed by atoms with Gasteiger partial charge in [-0.25, -0.2) is 14.8 Å². The molecule has 0 spiro atoms. The molecule has 4 aromatic rings. The van der Waals surface area contributed by atoms with E-state index >= 15 is 0 Å². The highest BCUT2D eigenvalue weighted by Crippen LogP contribution is 2.32. The molecular formula is C22H19ClN4O3S2. The van der Waals surface area contributed by atoms with Gasteiger partial charge in [-0.1, -0.05) is 29.3 Å². The molecule has 0 aliphatic heterocycles. The van der Waals surface area contributed by atoms with Crippen LogP contribution in [0.2, 0.25) is 5.15 Å². The van der Waals surface area contributed by atoms with Crippen LogP contribution in [0.3, 0.4) is 0 Å². The predicted octanol–water partition coefficient (Wildman–Crippen LogP) is 5.56. The molecule has 0 N–H and O–H groups in total. The van der Waals surface area contributed by atoms with E-state index in [9.17, 15) is 9.59 Å². The highest BCUT2D eigenvalue weighted by atomic mass is 35.5. The van der Waals surface area contributed by atoms with E-state index in [-0.39, 0.29) is 12.5 Å². The Morgan fingerprint density at radius 1 is 1.25 bits per heavy atom. The van der Waals surface area contributed by atoms with Gasteiger partial charge in [-0.05, 0) is 31.6 Å². The first-order chi connectivity index (χ1) is 15.3. The van der Waals surface area contributed by atoms with Crippen molar-refractivity contribution in [2.24, 2.45) is 0 Å². The molecule has 3 heterocycles. The molecular weight excluding hydrogens is 468 g/mol. The second kappa shape index (κ2) is 9.23. The third kappa shape index (κ3) is 4.59. The molecule has 1 aromatic carbocycles. The summed E-state index contributed by atoms with van der Waals surface area (Å²) in [5, 5.41) is 4.50. The SMILES string of the molecule is CC(=O)N(c1nc(COC(=O)C=Cc2c(Cl)nc3sccn23)cs1)c1ccc(C)cc1C. The lowest BCUT2D eigenvalue weighted by Gasteiger charge is -2.20. The maximum absolute atomic E-state index is 12.3. The van der Waals surface area contributed by atoms with Gasteiger partial charge in [0.15, 0.2) is 15.2 Å². The number of amides is 1. The molecule has 0 bridgehead atoms. The summed E-state index contributed by atoms with van der Waals surface area (Å²) in [4.78, 5) is 35.5. The number of anilines is 2. The van der Waals surface area contributed by atoms with Gasteiger partial charge in [0.1, 0.15) is 6.61 Å². The van der Waals surface area contributed by atoms with Crippen molar-refractivity contribution in [1.29, 1.82) is 0 Å². The molecule has 0 radical (unpaired) electrons. The predicted molar refractivity (Wildman–Crippen MR) is 128 cm³/mol. The van der Waals surface area contributed by atoms with Crippen molar-refractivity contribution in [2.45, 2.75) is 27.4 Å². The molecule has 164 valence electrons. The Hall–Kier alpha value is -3.01. The van der Waals surface area contributed by atoms with Crippen molar-refractivity contribution in [2.75, 3.05) is 4.90 Å². The number of benzene rings is 1. The quantitative estimate of drug-likeness (QED) is 0.263. The van der Waals surface area contributed by atoms with Crippen molar-refractivity contribution < 1.29 is 14.3 Å². The van der Waals surface area contributed by atoms with Crippen molar-refractivity contribution in [3.63, 3.8) is 0 Å². The van der Waals surface area contributed by atoms with E-state index in [0.717, 1.165) is 21.8 Å². The molecule has 3 aromatic heterocycles. The smallest absolute Gasteiger partial charge is 0.331 e. The van der Waals surface area contributed by atoms with E-state index in [1.165, 1.54) is 35.7 Å². The summed E-state index contributed by atoms with van der Waals surface area (Å²) in [5.41, 5.74) is 4.05. The second-order valence-electron chi connectivity index (χ2n) is 7.05. The van der Waals surface area contributed by atoms with E-state index in [2.05, 4.69) is 9.97 Å². The summed E-state index contributed by atoms with van der Waals surface area (Å²) in [7, 11) is 0. The van der Waals surface area contributed by atoms with Crippen molar-refractivity contribution >= 4 is 68.0 Å². The number of hydrogen-bond donors (Lipinski definition) is 0. The molecule has 0 aliphatic carbocycles. The number of ether oxygens (including phenoxy) is 1. The van der Waals surface area contributed by atoms with E-state index < -0.39 is 5.97 Å². The number of nitrogens with zero attached hydrogens (tertiary/aromatic N) is 4. The van der Waals surface area contributed by atoms with Gasteiger partial charge in [-0.15, -0.1) is 22.7 Å². The van der Waals surface area contributed by atoms with Gasteiger partial charge in [-0.2, -0.15) is 0 Å². The minimum Gasteiger partial charge on any atom is -0.456 e. The van der Waals surface area contributed by atoms with Crippen LogP contribution in [0.5, 0.6) is 0 Å². The van der Waals surface area contributed by atoms with E-state index in [4.69, 9.17) is 16.3 Å². The first kappa shape index (κ1) is 22.2. The lowest BCUT2D eigenvalue weighted by atomic mass is 10.1. The van der Waals surface area contributed by atoms with Crippen LogP contribution < -0.4 is 4.90 Å². The minimum absolute atomic E-state index is 0.00764. The Morgan fingerprint density at radius 2 is 2.06 bits per heavy atom. The lowest BCUT2D eigenvalue weighted by Crippen LogP contribution is -2.23. The number of halogens is 1. The molecule has 0 fully saturated rings. The average molecular weight is 487 g/mol. The number of aromatic nitrogens is 3. The first-order valence-corrected chi connectivity index (χ1v) is 11.8. The zero-order chi connectivity index (χ0) is 22.8. The van der Waals surface area contributed by atoms with Gasteiger partial charge >= 0.3 is 5.97 Å². The summed E-state index contributed by atoms with van der Waals surface area (Å²) in [6.45, 7) is 5.45. The number of hydrogen-bond acceptors (Lipinski definition) is 7. The largest absolute Gasteiger partial charge is 0.456 e. The fourth-order valence-electron chi connectivity index (χ4n) is 3.20. The van der Waals surface area contributed by atoms with E-state index in [1.54, 1.807) is 20.8 Å². The third-order valence-electron chi connectivity index (χ3n) is 4.63. The van der Waals surface area contributed by atoms with E-state index in [1.807, 2.05) is 43.6 Å². The number of fused-ring (bicyclic) bond motifs is 1. The summed E-state index contributed by atoms with van der Waals surface area (Å²) in [6, 6.07) is 5.88. The Bertz CT molecular complexity index is 1340. The lowest BCUT2D eigenvalue weighted by molar-refractivity contribution is -0.139. The molecule has 4 rings (SSSR count). The van der Waals surface area contributed by atoms with Crippen molar-refractivity contribution in [1.82, 2.24) is 14.4 Å². The van der Waals surface area contributed by atoms with Gasteiger partial charge in [0, 0.05) is 30.0 Å². The highest BCUT2D eigenvalue weighted by molar-refractivity contribution is 7.15. The number of imidazole rings is 1.